The molecule has 1 heterocycles. The van der Waals surface area contributed by atoms with E-state index in [9.17, 15) is 14.4 Å². The lowest BCUT2D eigenvalue weighted by Gasteiger charge is -2.30. The highest BCUT2D eigenvalue weighted by molar-refractivity contribution is 5.96. The third kappa shape index (κ3) is 3.84. The summed E-state index contributed by atoms with van der Waals surface area (Å²) in [7, 11) is 1.57. The quantitative estimate of drug-likeness (QED) is 0.882. The molecular weight excluding hydrogens is 282 g/mol. The summed E-state index contributed by atoms with van der Waals surface area (Å²) >= 11 is 0. The lowest BCUT2D eigenvalue weighted by Crippen LogP contribution is -2.40. The summed E-state index contributed by atoms with van der Waals surface area (Å²) < 4.78 is 0. The highest BCUT2D eigenvalue weighted by Crippen LogP contribution is 2.19. The minimum absolute atomic E-state index is 0.0316. The predicted molar refractivity (Wildman–Crippen MR) is 83.4 cm³/mol. The van der Waals surface area contributed by atoms with Crippen LogP contribution in [0.25, 0.3) is 0 Å². The number of rotatable bonds is 3. The highest BCUT2D eigenvalue weighted by atomic mass is 16.2. The molecule has 0 unspecified atom stereocenters. The predicted octanol–water partition coefficient (Wildman–Crippen LogP) is 1.24. The van der Waals surface area contributed by atoms with Crippen molar-refractivity contribution >= 4 is 23.4 Å². The molecule has 0 radical (unpaired) electrons. The highest BCUT2D eigenvalue weighted by Gasteiger charge is 2.25. The van der Waals surface area contributed by atoms with E-state index >= 15 is 0 Å². The summed E-state index contributed by atoms with van der Waals surface area (Å²) in [6.45, 7) is 2.81. The molecule has 1 aromatic rings. The standard InChI is InChI=1S/C16H21N3O3/c1-11(20)19-9-7-13(8-10-19)16(22)18-14-5-3-12(4-6-14)15(21)17-2/h3-6,13H,7-10H2,1-2H3,(H,17,21)(H,18,22). The molecule has 1 saturated heterocycles. The number of benzene rings is 1. The van der Waals surface area contributed by atoms with Gasteiger partial charge < -0.3 is 15.5 Å². The number of hydrogen-bond donors (Lipinski definition) is 2. The van der Waals surface area contributed by atoms with Crippen LogP contribution in [0.4, 0.5) is 5.69 Å². The van der Waals surface area contributed by atoms with E-state index in [0.717, 1.165) is 0 Å². The Morgan fingerprint density at radius 1 is 1.09 bits per heavy atom. The Morgan fingerprint density at radius 3 is 2.18 bits per heavy atom. The first-order valence-electron chi connectivity index (χ1n) is 7.39. The molecule has 0 saturated carbocycles. The van der Waals surface area contributed by atoms with E-state index in [1.54, 1.807) is 43.1 Å². The maximum atomic E-state index is 12.2. The molecule has 6 heteroatoms. The largest absolute Gasteiger partial charge is 0.355 e. The van der Waals surface area contributed by atoms with Crippen LogP contribution in [0, 0.1) is 5.92 Å². The first kappa shape index (κ1) is 16.0. The number of hydrogen-bond acceptors (Lipinski definition) is 3. The molecule has 1 aliphatic heterocycles. The number of piperidine rings is 1. The van der Waals surface area contributed by atoms with E-state index in [4.69, 9.17) is 0 Å². The number of likely N-dealkylation sites (tertiary alicyclic amines) is 1. The Hall–Kier alpha value is -2.37. The maximum absolute atomic E-state index is 12.2. The molecule has 22 heavy (non-hydrogen) atoms. The summed E-state index contributed by atoms with van der Waals surface area (Å²) in [6, 6.07) is 6.78. The van der Waals surface area contributed by atoms with Crippen LogP contribution in [0.3, 0.4) is 0 Å². The molecule has 0 spiro atoms. The van der Waals surface area contributed by atoms with Gasteiger partial charge in [-0.2, -0.15) is 0 Å². The third-order valence-corrected chi connectivity index (χ3v) is 3.95. The van der Waals surface area contributed by atoms with E-state index in [1.165, 1.54) is 0 Å². The molecule has 0 atom stereocenters. The van der Waals surface area contributed by atoms with Crippen molar-refractivity contribution in [2.45, 2.75) is 19.8 Å². The van der Waals surface area contributed by atoms with Crippen LogP contribution in [-0.4, -0.2) is 42.8 Å². The van der Waals surface area contributed by atoms with E-state index in [0.29, 0.717) is 37.2 Å². The van der Waals surface area contributed by atoms with Gasteiger partial charge in [-0.05, 0) is 37.1 Å². The van der Waals surface area contributed by atoms with Crippen LogP contribution >= 0.6 is 0 Å². The number of anilines is 1. The topological polar surface area (TPSA) is 78.5 Å². The van der Waals surface area contributed by atoms with Crippen molar-refractivity contribution in [1.29, 1.82) is 0 Å². The molecule has 2 N–H and O–H groups in total. The Labute approximate surface area is 129 Å². The SMILES string of the molecule is CNC(=O)c1ccc(NC(=O)C2CCN(C(C)=O)CC2)cc1. The average Bonchev–Trinajstić information content (AvgIpc) is 2.54. The van der Waals surface area contributed by atoms with Gasteiger partial charge in [0.1, 0.15) is 0 Å². The van der Waals surface area contributed by atoms with Crippen LogP contribution in [0.2, 0.25) is 0 Å². The number of nitrogens with zero attached hydrogens (tertiary/aromatic N) is 1. The second-order valence-electron chi connectivity index (χ2n) is 5.43. The van der Waals surface area contributed by atoms with Crippen molar-refractivity contribution in [1.82, 2.24) is 10.2 Å². The van der Waals surface area contributed by atoms with E-state index in [1.807, 2.05) is 0 Å². The van der Waals surface area contributed by atoms with Crippen LogP contribution < -0.4 is 10.6 Å². The Bertz CT molecular complexity index is 561. The van der Waals surface area contributed by atoms with Gasteiger partial charge in [0.2, 0.25) is 11.8 Å². The second kappa shape index (κ2) is 7.06. The maximum Gasteiger partial charge on any atom is 0.251 e. The summed E-state index contributed by atoms with van der Waals surface area (Å²) in [5.41, 5.74) is 1.22. The lowest BCUT2D eigenvalue weighted by atomic mass is 9.96. The Morgan fingerprint density at radius 2 is 1.68 bits per heavy atom. The van der Waals surface area contributed by atoms with Gasteiger partial charge in [-0.3, -0.25) is 14.4 Å². The van der Waals surface area contributed by atoms with Crippen molar-refractivity contribution in [3.8, 4) is 0 Å². The van der Waals surface area contributed by atoms with Crippen molar-refractivity contribution < 1.29 is 14.4 Å². The fourth-order valence-electron chi connectivity index (χ4n) is 2.55. The number of carbonyl (C=O) groups excluding carboxylic acids is 3. The van der Waals surface area contributed by atoms with Crippen molar-refractivity contribution in [2.24, 2.45) is 5.92 Å². The van der Waals surface area contributed by atoms with Crippen LogP contribution in [0.15, 0.2) is 24.3 Å². The smallest absolute Gasteiger partial charge is 0.251 e. The Balaban J connectivity index is 1.90. The zero-order valence-electron chi connectivity index (χ0n) is 12.9. The second-order valence-corrected chi connectivity index (χ2v) is 5.43. The minimum Gasteiger partial charge on any atom is -0.355 e. The fraction of sp³-hybridized carbons (Fsp3) is 0.438. The average molecular weight is 303 g/mol. The molecule has 0 aromatic heterocycles. The molecule has 0 bridgehead atoms. The van der Waals surface area contributed by atoms with Crippen molar-refractivity contribution in [3.05, 3.63) is 29.8 Å². The zero-order valence-corrected chi connectivity index (χ0v) is 12.9. The number of nitrogens with one attached hydrogen (secondary N) is 2. The normalized spacial score (nSPS) is 15.3. The van der Waals surface area contributed by atoms with Crippen molar-refractivity contribution in [2.75, 3.05) is 25.5 Å². The van der Waals surface area contributed by atoms with Crippen LogP contribution in [-0.2, 0) is 9.59 Å². The molecular formula is C16H21N3O3. The molecule has 118 valence electrons. The molecule has 6 nitrogen and oxygen atoms in total. The molecule has 1 aliphatic rings. The molecule has 0 aliphatic carbocycles. The number of carbonyl (C=O) groups is 3. The van der Waals surface area contributed by atoms with Crippen LogP contribution in [0.1, 0.15) is 30.1 Å². The van der Waals surface area contributed by atoms with E-state index in [2.05, 4.69) is 10.6 Å². The van der Waals surface area contributed by atoms with Gasteiger partial charge >= 0.3 is 0 Å². The van der Waals surface area contributed by atoms with Gasteiger partial charge in [-0.25, -0.2) is 0 Å². The summed E-state index contributed by atoms with van der Waals surface area (Å²) in [6.07, 6.45) is 1.36. The molecule has 1 fully saturated rings. The first-order valence-corrected chi connectivity index (χ1v) is 7.39. The van der Waals surface area contributed by atoms with E-state index < -0.39 is 0 Å². The van der Waals surface area contributed by atoms with Gasteiger partial charge in [0.05, 0.1) is 0 Å². The zero-order chi connectivity index (χ0) is 16.1. The van der Waals surface area contributed by atoms with Gasteiger partial charge in [0, 0.05) is 44.2 Å². The fourth-order valence-corrected chi connectivity index (χ4v) is 2.55. The van der Waals surface area contributed by atoms with Gasteiger partial charge in [0.25, 0.3) is 5.91 Å². The minimum atomic E-state index is -0.158. The van der Waals surface area contributed by atoms with Crippen molar-refractivity contribution in [3.63, 3.8) is 0 Å². The van der Waals surface area contributed by atoms with Crippen LogP contribution in [0.5, 0.6) is 0 Å². The molecule has 2 rings (SSSR count). The Kier molecular flexibility index (Phi) is 5.14. The summed E-state index contributed by atoms with van der Waals surface area (Å²) in [5, 5.41) is 5.41. The van der Waals surface area contributed by atoms with E-state index in [-0.39, 0.29) is 23.6 Å². The van der Waals surface area contributed by atoms with Gasteiger partial charge in [0.15, 0.2) is 0 Å². The first-order chi connectivity index (χ1) is 10.5. The third-order valence-electron chi connectivity index (χ3n) is 3.95. The molecule has 3 amide bonds. The summed E-state index contributed by atoms with van der Waals surface area (Å²) in [4.78, 5) is 36.7. The lowest BCUT2D eigenvalue weighted by molar-refractivity contribution is -0.132. The van der Waals surface area contributed by atoms with Gasteiger partial charge in [-0.15, -0.1) is 0 Å². The van der Waals surface area contributed by atoms with Gasteiger partial charge in [-0.1, -0.05) is 0 Å². The monoisotopic (exact) mass is 303 g/mol. The summed E-state index contributed by atoms with van der Waals surface area (Å²) in [5.74, 6) is -0.205. The molecule has 1 aromatic carbocycles. The number of amides is 3.